The Balaban J connectivity index is 1.87. The van der Waals surface area contributed by atoms with Gasteiger partial charge in [-0.3, -0.25) is 9.59 Å². The molecule has 0 aromatic heterocycles. The highest BCUT2D eigenvalue weighted by Crippen LogP contribution is 2.19. The van der Waals surface area contributed by atoms with E-state index < -0.39 is 17.8 Å². The molecule has 0 saturated heterocycles. The van der Waals surface area contributed by atoms with Gasteiger partial charge in [-0.25, -0.2) is 8.78 Å². The van der Waals surface area contributed by atoms with Crippen molar-refractivity contribution in [3.8, 4) is 0 Å². The Morgan fingerprint density at radius 2 is 1.64 bits per heavy atom. The number of anilines is 1. The van der Waals surface area contributed by atoms with Gasteiger partial charge in [-0.05, 0) is 42.7 Å². The van der Waals surface area contributed by atoms with Crippen LogP contribution in [0.4, 0.5) is 14.5 Å². The molecule has 2 unspecified atom stereocenters. The molecule has 0 aliphatic heterocycles. The summed E-state index contributed by atoms with van der Waals surface area (Å²) in [6, 6.07) is 10.9. The van der Waals surface area contributed by atoms with E-state index in [2.05, 4.69) is 10.6 Å². The van der Waals surface area contributed by atoms with E-state index in [1.807, 2.05) is 6.92 Å². The average molecular weight is 346 g/mol. The van der Waals surface area contributed by atoms with Crippen molar-refractivity contribution < 1.29 is 18.4 Å². The van der Waals surface area contributed by atoms with Crippen LogP contribution in [0.5, 0.6) is 0 Å². The summed E-state index contributed by atoms with van der Waals surface area (Å²) in [5.41, 5.74) is 0.897. The van der Waals surface area contributed by atoms with Crippen molar-refractivity contribution in [1.82, 2.24) is 5.32 Å². The van der Waals surface area contributed by atoms with Gasteiger partial charge in [0.2, 0.25) is 11.8 Å². The van der Waals surface area contributed by atoms with Crippen molar-refractivity contribution in [2.75, 3.05) is 5.32 Å². The maximum Gasteiger partial charge on any atom is 0.246 e. The minimum Gasteiger partial charge on any atom is -0.345 e. The number of hydrogen-bond acceptors (Lipinski definition) is 2. The van der Waals surface area contributed by atoms with Crippen LogP contribution in [0.15, 0.2) is 48.5 Å². The predicted octanol–water partition coefficient (Wildman–Crippen LogP) is 3.60. The summed E-state index contributed by atoms with van der Waals surface area (Å²) in [4.78, 5) is 24.1. The summed E-state index contributed by atoms with van der Waals surface area (Å²) in [6.07, 6.45) is 0.156. The number of rotatable bonds is 6. The molecule has 6 heteroatoms. The van der Waals surface area contributed by atoms with E-state index in [4.69, 9.17) is 0 Å². The first-order chi connectivity index (χ1) is 11.9. The molecule has 0 fully saturated rings. The van der Waals surface area contributed by atoms with Crippen molar-refractivity contribution in [3.05, 3.63) is 65.7 Å². The number of amides is 2. The quantitative estimate of drug-likeness (QED) is 0.840. The first-order valence-electron chi connectivity index (χ1n) is 7.97. The highest BCUT2D eigenvalue weighted by Gasteiger charge is 2.18. The van der Waals surface area contributed by atoms with Crippen molar-refractivity contribution in [3.63, 3.8) is 0 Å². The summed E-state index contributed by atoms with van der Waals surface area (Å²) in [6.45, 7) is 3.37. The smallest absolute Gasteiger partial charge is 0.246 e. The van der Waals surface area contributed by atoms with Crippen molar-refractivity contribution in [2.45, 2.75) is 32.2 Å². The lowest BCUT2D eigenvalue weighted by molar-refractivity contribution is -0.126. The zero-order valence-electron chi connectivity index (χ0n) is 14.1. The van der Waals surface area contributed by atoms with Gasteiger partial charge >= 0.3 is 0 Å². The van der Waals surface area contributed by atoms with Gasteiger partial charge < -0.3 is 10.6 Å². The van der Waals surface area contributed by atoms with Gasteiger partial charge in [0, 0.05) is 6.42 Å². The summed E-state index contributed by atoms with van der Waals surface area (Å²) >= 11 is 0. The van der Waals surface area contributed by atoms with E-state index in [-0.39, 0.29) is 29.8 Å². The molecule has 2 atom stereocenters. The molecule has 25 heavy (non-hydrogen) atoms. The lowest BCUT2D eigenvalue weighted by atomic mass is 9.97. The number of para-hydroxylation sites is 1. The summed E-state index contributed by atoms with van der Waals surface area (Å²) in [5, 5.41) is 5.02. The van der Waals surface area contributed by atoms with Gasteiger partial charge in [-0.15, -0.1) is 0 Å². The van der Waals surface area contributed by atoms with Crippen molar-refractivity contribution in [1.29, 1.82) is 0 Å². The van der Waals surface area contributed by atoms with E-state index in [0.717, 1.165) is 5.56 Å². The second-order valence-electron chi connectivity index (χ2n) is 5.92. The monoisotopic (exact) mass is 346 g/mol. The third-order valence-corrected chi connectivity index (χ3v) is 3.83. The number of nitrogens with one attached hydrogen (secondary N) is 2. The normalized spacial score (nSPS) is 13.0. The van der Waals surface area contributed by atoms with Crippen LogP contribution in [0, 0.1) is 11.6 Å². The van der Waals surface area contributed by atoms with Crippen LogP contribution < -0.4 is 10.6 Å². The van der Waals surface area contributed by atoms with Crippen LogP contribution in [-0.4, -0.2) is 17.9 Å². The molecule has 0 spiro atoms. The Morgan fingerprint density at radius 1 is 1.00 bits per heavy atom. The van der Waals surface area contributed by atoms with Crippen LogP contribution in [0.2, 0.25) is 0 Å². The molecule has 2 amide bonds. The molecule has 0 aliphatic rings. The number of halogens is 2. The minimum atomic E-state index is -0.812. The Morgan fingerprint density at radius 3 is 2.28 bits per heavy atom. The van der Waals surface area contributed by atoms with Gasteiger partial charge in [-0.1, -0.05) is 31.2 Å². The van der Waals surface area contributed by atoms with Gasteiger partial charge in [0.15, 0.2) is 0 Å². The lowest BCUT2D eigenvalue weighted by Gasteiger charge is -2.16. The highest BCUT2D eigenvalue weighted by atomic mass is 19.1. The lowest BCUT2D eigenvalue weighted by Crippen LogP contribution is -2.42. The zero-order chi connectivity index (χ0) is 18.4. The topological polar surface area (TPSA) is 58.2 Å². The third kappa shape index (κ3) is 5.38. The fourth-order valence-corrected chi connectivity index (χ4v) is 2.36. The molecule has 0 heterocycles. The number of hydrogen-bond donors (Lipinski definition) is 2. The van der Waals surface area contributed by atoms with Gasteiger partial charge in [-0.2, -0.15) is 0 Å². The van der Waals surface area contributed by atoms with Crippen LogP contribution in [0.1, 0.15) is 31.7 Å². The van der Waals surface area contributed by atoms with Crippen LogP contribution in [0.25, 0.3) is 0 Å². The molecule has 4 nitrogen and oxygen atoms in total. The molecule has 0 radical (unpaired) electrons. The molecule has 2 rings (SSSR count). The fraction of sp³-hybridized carbons (Fsp3) is 0.263. The molecule has 0 aliphatic carbocycles. The maximum absolute atomic E-state index is 13.5. The summed E-state index contributed by atoms with van der Waals surface area (Å²) in [7, 11) is 0. The first kappa shape index (κ1) is 18.6. The van der Waals surface area contributed by atoms with Crippen LogP contribution in [0.3, 0.4) is 0 Å². The second-order valence-corrected chi connectivity index (χ2v) is 5.92. The van der Waals surface area contributed by atoms with Crippen LogP contribution in [-0.2, 0) is 9.59 Å². The maximum atomic E-state index is 13.5. The van der Waals surface area contributed by atoms with Crippen molar-refractivity contribution >= 4 is 17.5 Å². The Labute approximate surface area is 145 Å². The Bertz CT molecular complexity index is 747. The molecule has 2 N–H and O–H groups in total. The summed E-state index contributed by atoms with van der Waals surface area (Å²) < 4.78 is 26.5. The predicted molar refractivity (Wildman–Crippen MR) is 92.1 cm³/mol. The molecule has 2 aromatic rings. The Kier molecular flexibility index (Phi) is 6.22. The number of carbonyl (C=O) groups excluding carboxylic acids is 2. The molecule has 132 valence electrons. The fourth-order valence-electron chi connectivity index (χ4n) is 2.36. The van der Waals surface area contributed by atoms with E-state index in [0.29, 0.717) is 0 Å². The van der Waals surface area contributed by atoms with E-state index in [1.165, 1.54) is 37.3 Å². The molecule has 0 saturated carbocycles. The standard InChI is InChI=1S/C19H20F2N2O2/c1-12(14-7-9-15(20)10-8-14)11-18(24)22-13(2)19(25)23-17-6-4-3-5-16(17)21/h3-10,12-13H,11H2,1-2H3,(H,22,24)(H,23,25). The van der Waals surface area contributed by atoms with Crippen molar-refractivity contribution in [2.24, 2.45) is 0 Å². The Hall–Kier alpha value is -2.76. The largest absolute Gasteiger partial charge is 0.345 e. The molecule has 2 aromatic carbocycles. The van der Waals surface area contributed by atoms with E-state index >= 15 is 0 Å². The highest BCUT2D eigenvalue weighted by molar-refractivity contribution is 5.97. The second kappa shape index (κ2) is 8.37. The van der Waals surface area contributed by atoms with E-state index in [9.17, 15) is 18.4 Å². The minimum absolute atomic E-state index is 0.0632. The number of carbonyl (C=O) groups is 2. The molecular formula is C19H20F2N2O2. The van der Waals surface area contributed by atoms with E-state index in [1.54, 1.807) is 18.2 Å². The summed E-state index contributed by atoms with van der Waals surface area (Å²) in [5.74, 6) is -1.82. The van der Waals surface area contributed by atoms with Gasteiger partial charge in [0.25, 0.3) is 0 Å². The average Bonchev–Trinajstić information content (AvgIpc) is 2.57. The SMILES string of the molecule is CC(NC(=O)CC(C)c1ccc(F)cc1)C(=O)Nc1ccccc1F. The molecule has 0 bridgehead atoms. The van der Waals surface area contributed by atoms with Gasteiger partial charge in [0.05, 0.1) is 5.69 Å². The zero-order valence-corrected chi connectivity index (χ0v) is 14.1. The first-order valence-corrected chi connectivity index (χ1v) is 7.97. The third-order valence-electron chi connectivity index (χ3n) is 3.83. The van der Waals surface area contributed by atoms with Crippen LogP contribution >= 0.6 is 0 Å². The van der Waals surface area contributed by atoms with Gasteiger partial charge in [0.1, 0.15) is 17.7 Å². The number of benzene rings is 2. The molecular weight excluding hydrogens is 326 g/mol.